The van der Waals surface area contributed by atoms with Crippen molar-refractivity contribution < 1.29 is 28.5 Å². The Morgan fingerprint density at radius 3 is 2.53 bits per heavy atom. The molecular weight excluding hydrogens is 442 g/mol. The number of amides is 2. The first kappa shape index (κ1) is 23.1. The lowest BCUT2D eigenvalue weighted by Crippen LogP contribution is -2.42. The van der Waals surface area contributed by atoms with Crippen LogP contribution in [0.2, 0.25) is 0 Å². The summed E-state index contributed by atoms with van der Waals surface area (Å²) < 4.78 is 21.7. The number of hydrogen-bond acceptors (Lipinski definition) is 8. The maximum Gasteiger partial charge on any atom is 0.412 e. The van der Waals surface area contributed by atoms with Crippen LogP contribution in [-0.4, -0.2) is 72.3 Å². The molecular formula is C23H27N5O6. The van der Waals surface area contributed by atoms with Gasteiger partial charge in [-0.2, -0.15) is 0 Å². The number of likely N-dealkylation sites (tertiary alicyclic amines) is 1. The monoisotopic (exact) mass is 469 g/mol. The van der Waals surface area contributed by atoms with E-state index in [4.69, 9.17) is 18.9 Å². The number of rotatable bonds is 7. The van der Waals surface area contributed by atoms with Crippen LogP contribution in [0, 0.1) is 0 Å². The summed E-state index contributed by atoms with van der Waals surface area (Å²) >= 11 is 0. The van der Waals surface area contributed by atoms with E-state index in [1.807, 2.05) is 0 Å². The molecule has 11 heteroatoms. The summed E-state index contributed by atoms with van der Waals surface area (Å²) in [5.41, 5.74) is 2.08. The van der Waals surface area contributed by atoms with E-state index < -0.39 is 6.09 Å². The van der Waals surface area contributed by atoms with Crippen molar-refractivity contribution in [2.45, 2.75) is 25.8 Å². The lowest BCUT2D eigenvalue weighted by Gasteiger charge is -2.23. The van der Waals surface area contributed by atoms with Crippen molar-refractivity contribution in [1.29, 1.82) is 0 Å². The van der Waals surface area contributed by atoms with Gasteiger partial charge in [0.2, 0.25) is 11.7 Å². The van der Waals surface area contributed by atoms with E-state index in [0.29, 0.717) is 52.8 Å². The highest BCUT2D eigenvalue weighted by Crippen LogP contribution is 2.41. The van der Waals surface area contributed by atoms with Crippen LogP contribution in [0.25, 0.3) is 22.4 Å². The number of nitrogens with zero attached hydrogens (tertiary/aromatic N) is 3. The predicted molar refractivity (Wildman–Crippen MR) is 123 cm³/mol. The number of carbonyl (C=O) groups is 2. The van der Waals surface area contributed by atoms with E-state index >= 15 is 0 Å². The quantitative estimate of drug-likeness (QED) is 0.541. The van der Waals surface area contributed by atoms with Gasteiger partial charge in [-0.1, -0.05) is 0 Å². The zero-order chi connectivity index (χ0) is 24.2. The van der Waals surface area contributed by atoms with Crippen LogP contribution in [0.4, 0.5) is 4.79 Å². The third kappa shape index (κ3) is 4.54. The molecule has 2 amide bonds. The molecule has 2 aromatic heterocycles. The van der Waals surface area contributed by atoms with Gasteiger partial charge in [0.15, 0.2) is 28.4 Å². The molecule has 0 aliphatic carbocycles. The van der Waals surface area contributed by atoms with Crippen LogP contribution >= 0.6 is 0 Å². The minimum Gasteiger partial charge on any atom is -0.493 e. The Morgan fingerprint density at radius 1 is 1.15 bits per heavy atom. The standard InChI is InChI=1S/C23H27N5O6/c1-13(29)28-7-5-6-15(28)10-26-23(30)34-19-12-25-22-20(19)27-16(11-24-22)14-8-17(31-2)21(33-4)18(9-14)32-3/h8-9,11-12,15H,5-7,10H2,1-4H3,(H,24,25)(H,26,30). The number of carbonyl (C=O) groups excluding carboxylic acids is 2. The van der Waals surface area contributed by atoms with Gasteiger partial charge in [0.1, 0.15) is 0 Å². The molecule has 3 heterocycles. The molecule has 2 N–H and O–H groups in total. The van der Waals surface area contributed by atoms with Gasteiger partial charge < -0.3 is 34.1 Å². The second kappa shape index (κ2) is 9.86. The van der Waals surface area contributed by atoms with Gasteiger partial charge in [-0.3, -0.25) is 4.79 Å². The maximum atomic E-state index is 12.4. The number of benzene rings is 1. The maximum absolute atomic E-state index is 12.4. The Kier molecular flexibility index (Phi) is 6.71. The molecule has 0 saturated carbocycles. The van der Waals surface area contributed by atoms with Crippen LogP contribution in [0.15, 0.2) is 24.5 Å². The first-order chi connectivity index (χ1) is 16.4. The highest BCUT2D eigenvalue weighted by Gasteiger charge is 2.27. The van der Waals surface area contributed by atoms with E-state index in [2.05, 4.69) is 20.3 Å². The number of hydrogen-bond donors (Lipinski definition) is 2. The van der Waals surface area contributed by atoms with E-state index in [0.717, 1.165) is 12.8 Å². The van der Waals surface area contributed by atoms with Gasteiger partial charge in [-0.05, 0) is 25.0 Å². The highest BCUT2D eigenvalue weighted by molar-refractivity contribution is 5.84. The Labute approximate surface area is 196 Å². The minimum absolute atomic E-state index is 0.00360. The lowest BCUT2D eigenvalue weighted by atomic mass is 10.1. The number of nitrogens with one attached hydrogen (secondary N) is 2. The van der Waals surface area contributed by atoms with Crippen LogP contribution in [0.5, 0.6) is 23.0 Å². The fourth-order valence-corrected chi connectivity index (χ4v) is 4.11. The molecule has 1 fully saturated rings. The first-order valence-electron chi connectivity index (χ1n) is 10.8. The van der Waals surface area contributed by atoms with Crippen LogP contribution in [0.3, 0.4) is 0 Å². The number of methoxy groups -OCH3 is 3. The average molecular weight is 469 g/mol. The first-order valence-corrected chi connectivity index (χ1v) is 10.8. The lowest BCUT2D eigenvalue weighted by molar-refractivity contribution is -0.129. The zero-order valence-electron chi connectivity index (χ0n) is 19.5. The topological polar surface area (TPSA) is 128 Å². The second-order valence-corrected chi connectivity index (χ2v) is 7.80. The third-order valence-electron chi connectivity index (χ3n) is 5.77. The van der Waals surface area contributed by atoms with Crippen molar-refractivity contribution in [1.82, 2.24) is 25.2 Å². The van der Waals surface area contributed by atoms with Gasteiger partial charge in [-0.15, -0.1) is 0 Å². The largest absolute Gasteiger partial charge is 0.493 e. The summed E-state index contributed by atoms with van der Waals surface area (Å²) in [7, 11) is 4.60. The Balaban J connectivity index is 1.54. The Morgan fingerprint density at radius 2 is 1.88 bits per heavy atom. The predicted octanol–water partition coefficient (Wildman–Crippen LogP) is 2.75. The summed E-state index contributed by atoms with van der Waals surface area (Å²) in [4.78, 5) is 37.9. The summed E-state index contributed by atoms with van der Waals surface area (Å²) in [5, 5.41) is 2.74. The number of aromatic amines is 1. The Hall–Kier alpha value is -4.02. The normalized spacial score (nSPS) is 15.3. The molecule has 4 rings (SSSR count). The molecule has 1 aliphatic rings. The zero-order valence-corrected chi connectivity index (χ0v) is 19.5. The summed E-state index contributed by atoms with van der Waals surface area (Å²) in [6, 6.07) is 3.50. The van der Waals surface area contributed by atoms with E-state index in [9.17, 15) is 9.59 Å². The molecule has 180 valence electrons. The molecule has 1 unspecified atom stereocenters. The molecule has 11 nitrogen and oxygen atoms in total. The fraction of sp³-hybridized carbons (Fsp3) is 0.391. The Bertz CT molecular complexity index is 1180. The molecule has 1 saturated heterocycles. The minimum atomic E-state index is -0.628. The molecule has 3 aromatic rings. The summed E-state index contributed by atoms with van der Waals surface area (Å²) in [6.07, 6.45) is 4.26. The molecule has 0 spiro atoms. The van der Waals surface area contributed by atoms with Crippen molar-refractivity contribution in [2.75, 3.05) is 34.4 Å². The fourth-order valence-electron chi connectivity index (χ4n) is 4.11. The van der Waals surface area contributed by atoms with Crippen molar-refractivity contribution in [3.05, 3.63) is 24.5 Å². The third-order valence-corrected chi connectivity index (χ3v) is 5.77. The summed E-state index contributed by atoms with van der Waals surface area (Å²) in [6.45, 7) is 2.56. The van der Waals surface area contributed by atoms with Crippen LogP contribution < -0.4 is 24.3 Å². The highest BCUT2D eigenvalue weighted by atomic mass is 16.6. The molecule has 0 bridgehead atoms. The van der Waals surface area contributed by atoms with Gasteiger partial charge >= 0.3 is 6.09 Å². The van der Waals surface area contributed by atoms with Crippen molar-refractivity contribution in [2.24, 2.45) is 0 Å². The summed E-state index contributed by atoms with van der Waals surface area (Å²) in [5.74, 6) is 1.68. The number of aromatic nitrogens is 3. The number of H-pyrrole nitrogens is 1. The average Bonchev–Trinajstić information content (AvgIpc) is 3.48. The van der Waals surface area contributed by atoms with Crippen molar-refractivity contribution in [3.8, 4) is 34.3 Å². The van der Waals surface area contributed by atoms with E-state index in [1.165, 1.54) is 34.4 Å². The smallest absolute Gasteiger partial charge is 0.412 e. The second-order valence-electron chi connectivity index (χ2n) is 7.80. The molecule has 0 radical (unpaired) electrons. The molecule has 1 aliphatic heterocycles. The van der Waals surface area contributed by atoms with Gasteiger partial charge in [-0.25, -0.2) is 14.8 Å². The molecule has 34 heavy (non-hydrogen) atoms. The van der Waals surface area contributed by atoms with Crippen LogP contribution in [-0.2, 0) is 4.79 Å². The molecule has 1 atom stereocenters. The van der Waals surface area contributed by atoms with Gasteiger partial charge in [0.05, 0.1) is 33.2 Å². The SMILES string of the molecule is COc1cc(-c2cnc3[nH]cc(OC(=O)NCC4CCCN4C(C)=O)c3n2)cc(OC)c1OC. The number of ether oxygens (including phenoxy) is 4. The molecule has 1 aromatic carbocycles. The van der Waals surface area contributed by atoms with Gasteiger partial charge in [0.25, 0.3) is 0 Å². The number of fused-ring (bicyclic) bond motifs is 1. The van der Waals surface area contributed by atoms with Gasteiger partial charge in [0, 0.05) is 37.8 Å². The van der Waals surface area contributed by atoms with E-state index in [-0.39, 0.29) is 17.7 Å². The van der Waals surface area contributed by atoms with E-state index in [1.54, 1.807) is 23.2 Å². The van der Waals surface area contributed by atoms with Crippen molar-refractivity contribution >= 4 is 23.2 Å². The van der Waals surface area contributed by atoms with Crippen LogP contribution in [0.1, 0.15) is 19.8 Å². The van der Waals surface area contributed by atoms with Crippen molar-refractivity contribution in [3.63, 3.8) is 0 Å².